The Kier molecular flexibility index (Phi) is 4.13. The lowest BCUT2D eigenvalue weighted by Gasteiger charge is -2.19. The normalized spacial score (nSPS) is 26.6. The van der Waals surface area contributed by atoms with E-state index in [0.717, 1.165) is 23.1 Å². The van der Waals surface area contributed by atoms with Gasteiger partial charge < -0.3 is 5.32 Å². The van der Waals surface area contributed by atoms with E-state index in [1.807, 2.05) is 0 Å². The maximum atomic E-state index is 13.0. The van der Waals surface area contributed by atoms with Crippen molar-refractivity contribution in [1.29, 1.82) is 0 Å². The summed E-state index contributed by atoms with van der Waals surface area (Å²) >= 11 is 1.44. The number of rotatable bonds is 4. The van der Waals surface area contributed by atoms with E-state index in [9.17, 15) is 13.2 Å². The maximum Gasteiger partial charge on any atom is 0.243 e. The molecule has 1 saturated heterocycles. The summed E-state index contributed by atoms with van der Waals surface area (Å²) in [5.41, 5.74) is 2.54. The van der Waals surface area contributed by atoms with Crippen molar-refractivity contribution in [2.24, 2.45) is 11.8 Å². The first-order chi connectivity index (χ1) is 12.0. The zero-order valence-corrected chi connectivity index (χ0v) is 15.2. The summed E-state index contributed by atoms with van der Waals surface area (Å²) < 4.78 is 28.4. The van der Waals surface area contributed by atoms with Crippen LogP contribution < -0.4 is 5.32 Å². The Hall–Kier alpha value is -1.77. The Morgan fingerprint density at radius 2 is 2.04 bits per heavy atom. The highest BCUT2D eigenvalue weighted by molar-refractivity contribution is 7.89. The minimum atomic E-state index is -3.49. The van der Waals surface area contributed by atoms with Gasteiger partial charge in [0.25, 0.3) is 0 Å². The van der Waals surface area contributed by atoms with Crippen LogP contribution in [0.3, 0.4) is 0 Å². The second-order valence-electron chi connectivity index (χ2n) is 6.71. The Labute approximate surface area is 150 Å². The molecule has 8 heteroatoms. The largest absolute Gasteiger partial charge is 0.350 e. The number of hydrogen-bond acceptors (Lipinski definition) is 5. The smallest absolute Gasteiger partial charge is 0.243 e. The summed E-state index contributed by atoms with van der Waals surface area (Å²) in [6, 6.07) is 5.23. The third-order valence-electron chi connectivity index (χ3n) is 5.19. The van der Waals surface area contributed by atoms with Gasteiger partial charge in [0, 0.05) is 19.1 Å². The van der Waals surface area contributed by atoms with Crippen molar-refractivity contribution in [3.8, 4) is 0 Å². The quantitative estimate of drug-likeness (QED) is 0.827. The molecular formula is C17H19N3O3S2. The number of benzene rings is 1. The molecule has 0 bridgehead atoms. The molecule has 1 aromatic heterocycles. The van der Waals surface area contributed by atoms with Gasteiger partial charge in [0.2, 0.25) is 15.9 Å². The van der Waals surface area contributed by atoms with Crippen molar-refractivity contribution in [3.05, 3.63) is 36.4 Å². The molecule has 0 radical (unpaired) electrons. The van der Waals surface area contributed by atoms with E-state index in [4.69, 9.17) is 0 Å². The number of thiazole rings is 1. The van der Waals surface area contributed by atoms with Crippen LogP contribution in [0.4, 0.5) is 0 Å². The van der Waals surface area contributed by atoms with Gasteiger partial charge in [-0.2, -0.15) is 4.31 Å². The van der Waals surface area contributed by atoms with Crippen molar-refractivity contribution in [2.45, 2.75) is 23.8 Å². The molecule has 1 aromatic carbocycles. The van der Waals surface area contributed by atoms with Gasteiger partial charge in [0.15, 0.2) is 0 Å². The van der Waals surface area contributed by atoms with E-state index < -0.39 is 10.0 Å². The van der Waals surface area contributed by atoms with Gasteiger partial charge in [-0.1, -0.05) is 6.58 Å². The predicted octanol–water partition coefficient (Wildman–Crippen LogP) is 2.00. The molecular weight excluding hydrogens is 358 g/mol. The zero-order valence-electron chi connectivity index (χ0n) is 13.6. The lowest BCUT2D eigenvalue weighted by Crippen LogP contribution is -2.35. The van der Waals surface area contributed by atoms with E-state index >= 15 is 0 Å². The van der Waals surface area contributed by atoms with Crippen LogP contribution in [0.25, 0.3) is 10.2 Å². The van der Waals surface area contributed by atoms with Gasteiger partial charge in [-0.15, -0.1) is 11.3 Å². The zero-order chi connectivity index (χ0) is 17.6. The van der Waals surface area contributed by atoms with Crippen LogP contribution in [0.15, 0.2) is 41.3 Å². The second kappa shape index (κ2) is 6.19. The molecule has 0 spiro atoms. The van der Waals surface area contributed by atoms with Crippen LogP contribution in [0.2, 0.25) is 0 Å². The SMILES string of the molecule is C=CC(=O)NC1CC2CN(S(=O)(=O)c3ccc4ncsc4c3)CC2C1. The molecule has 4 rings (SSSR count). The summed E-state index contributed by atoms with van der Waals surface area (Å²) in [5.74, 6) is 0.446. The topological polar surface area (TPSA) is 79.4 Å². The highest BCUT2D eigenvalue weighted by Crippen LogP contribution is 2.40. The van der Waals surface area contributed by atoms with Gasteiger partial charge in [0.05, 0.1) is 20.6 Å². The molecule has 2 unspecified atom stereocenters. The molecule has 6 nitrogen and oxygen atoms in total. The minimum absolute atomic E-state index is 0.124. The lowest BCUT2D eigenvalue weighted by atomic mass is 10.0. The lowest BCUT2D eigenvalue weighted by molar-refractivity contribution is -0.117. The van der Waals surface area contributed by atoms with E-state index in [1.54, 1.807) is 28.0 Å². The molecule has 1 aliphatic heterocycles. The number of hydrogen-bond donors (Lipinski definition) is 1. The minimum Gasteiger partial charge on any atom is -0.350 e. The molecule has 2 fully saturated rings. The Balaban J connectivity index is 1.49. The molecule has 1 aliphatic carbocycles. The summed E-state index contributed by atoms with van der Waals surface area (Å²) in [6.45, 7) is 4.51. The van der Waals surface area contributed by atoms with Crippen molar-refractivity contribution in [2.75, 3.05) is 13.1 Å². The van der Waals surface area contributed by atoms with Gasteiger partial charge in [-0.3, -0.25) is 4.79 Å². The molecule has 1 saturated carbocycles. The van der Waals surface area contributed by atoms with Crippen molar-refractivity contribution < 1.29 is 13.2 Å². The first-order valence-corrected chi connectivity index (χ1v) is 10.6. The van der Waals surface area contributed by atoms with Crippen LogP contribution in [0, 0.1) is 11.8 Å². The van der Waals surface area contributed by atoms with Crippen molar-refractivity contribution >= 4 is 37.5 Å². The number of carbonyl (C=O) groups excluding carboxylic acids is 1. The average Bonchev–Trinajstić information content (AvgIpc) is 3.27. The molecule has 2 atom stereocenters. The van der Waals surface area contributed by atoms with Crippen LogP contribution in [0.5, 0.6) is 0 Å². The van der Waals surface area contributed by atoms with Crippen LogP contribution >= 0.6 is 11.3 Å². The molecule has 1 N–H and O–H groups in total. The molecule has 25 heavy (non-hydrogen) atoms. The summed E-state index contributed by atoms with van der Waals surface area (Å²) in [6.07, 6.45) is 2.93. The van der Waals surface area contributed by atoms with Gasteiger partial charge in [-0.25, -0.2) is 13.4 Å². The number of nitrogens with one attached hydrogen (secondary N) is 1. The molecule has 2 aromatic rings. The number of sulfonamides is 1. The van der Waals surface area contributed by atoms with E-state index in [2.05, 4.69) is 16.9 Å². The molecule has 2 aliphatic rings. The summed E-state index contributed by atoms with van der Waals surface area (Å²) in [7, 11) is -3.49. The monoisotopic (exact) mass is 377 g/mol. The fourth-order valence-corrected chi connectivity index (χ4v) is 6.35. The van der Waals surface area contributed by atoms with Crippen molar-refractivity contribution in [3.63, 3.8) is 0 Å². The molecule has 1 amide bonds. The highest BCUT2D eigenvalue weighted by Gasteiger charge is 2.45. The van der Waals surface area contributed by atoms with E-state index in [-0.39, 0.29) is 11.9 Å². The van der Waals surface area contributed by atoms with Gasteiger partial charge in [0.1, 0.15) is 0 Å². The number of nitrogens with zero attached hydrogens (tertiary/aromatic N) is 2. The third-order valence-corrected chi connectivity index (χ3v) is 7.81. The van der Waals surface area contributed by atoms with Crippen molar-refractivity contribution in [1.82, 2.24) is 14.6 Å². The van der Waals surface area contributed by atoms with Crippen LogP contribution in [0.1, 0.15) is 12.8 Å². The number of aromatic nitrogens is 1. The second-order valence-corrected chi connectivity index (χ2v) is 9.53. The first kappa shape index (κ1) is 16.7. The Bertz CT molecular complexity index is 924. The van der Waals surface area contributed by atoms with E-state index in [0.29, 0.717) is 29.8 Å². The van der Waals surface area contributed by atoms with Gasteiger partial charge >= 0.3 is 0 Å². The standard InChI is InChI=1S/C17H19N3O3S2/c1-2-17(21)19-13-5-11-8-20(9-12(11)6-13)25(22,23)14-3-4-15-16(7-14)24-10-18-15/h2-4,7,10-13H,1,5-6,8-9H2,(H,19,21). The van der Waals surface area contributed by atoms with E-state index in [1.165, 1.54) is 17.4 Å². The number of fused-ring (bicyclic) bond motifs is 2. The molecule has 2 heterocycles. The predicted molar refractivity (Wildman–Crippen MR) is 96.7 cm³/mol. The number of amides is 1. The first-order valence-electron chi connectivity index (χ1n) is 8.23. The third kappa shape index (κ3) is 2.98. The maximum absolute atomic E-state index is 13.0. The fourth-order valence-electron chi connectivity index (χ4n) is 3.98. The Morgan fingerprint density at radius 3 is 2.72 bits per heavy atom. The molecule has 132 valence electrons. The number of carbonyl (C=O) groups is 1. The Morgan fingerprint density at radius 1 is 1.32 bits per heavy atom. The summed E-state index contributed by atoms with van der Waals surface area (Å²) in [5, 5.41) is 2.93. The van der Waals surface area contributed by atoms with Crippen LogP contribution in [-0.2, 0) is 14.8 Å². The highest BCUT2D eigenvalue weighted by atomic mass is 32.2. The van der Waals surface area contributed by atoms with Crippen LogP contribution in [-0.4, -0.2) is 42.7 Å². The summed E-state index contributed by atoms with van der Waals surface area (Å²) in [4.78, 5) is 16.0. The fraction of sp³-hybridized carbons (Fsp3) is 0.412. The van der Waals surface area contributed by atoms with Gasteiger partial charge in [-0.05, 0) is 49.0 Å². The average molecular weight is 377 g/mol.